The van der Waals surface area contributed by atoms with E-state index in [0.29, 0.717) is 18.3 Å². The number of carbonyl (C=O) groups is 1. The lowest BCUT2D eigenvalue weighted by Gasteiger charge is -2.03. The van der Waals surface area contributed by atoms with Gasteiger partial charge in [0.25, 0.3) is 6.47 Å². The quantitative estimate of drug-likeness (QED) is 0.619. The molecule has 0 aliphatic heterocycles. The van der Waals surface area contributed by atoms with Crippen LogP contribution in [0.2, 0.25) is 0 Å². The van der Waals surface area contributed by atoms with E-state index in [4.69, 9.17) is 0 Å². The fraction of sp³-hybridized carbons (Fsp3) is 0.167. The first-order valence-electron chi connectivity index (χ1n) is 4.97. The van der Waals surface area contributed by atoms with Gasteiger partial charge in [-0.05, 0) is 12.1 Å². The van der Waals surface area contributed by atoms with E-state index in [0.717, 1.165) is 11.2 Å². The molecule has 0 fully saturated rings. The second kappa shape index (κ2) is 4.61. The summed E-state index contributed by atoms with van der Waals surface area (Å²) in [4.78, 5) is 24.8. The molecule has 2 aromatic rings. The molecular formula is C12H11NO3. The maximum absolute atomic E-state index is 11.7. The number of para-hydroxylation sites is 1. The van der Waals surface area contributed by atoms with Crippen molar-refractivity contribution in [2.45, 2.75) is 6.42 Å². The molecule has 16 heavy (non-hydrogen) atoms. The van der Waals surface area contributed by atoms with Crippen LogP contribution in [-0.4, -0.2) is 18.1 Å². The van der Waals surface area contributed by atoms with Gasteiger partial charge in [0.05, 0.1) is 6.61 Å². The first kappa shape index (κ1) is 10.4. The topological polar surface area (TPSA) is 59.2 Å². The van der Waals surface area contributed by atoms with E-state index in [1.807, 2.05) is 18.2 Å². The number of aromatic amines is 1. The summed E-state index contributed by atoms with van der Waals surface area (Å²) in [5.41, 5.74) is 1.55. The molecule has 4 heteroatoms. The summed E-state index contributed by atoms with van der Waals surface area (Å²) < 4.78 is 4.59. The lowest BCUT2D eigenvalue weighted by atomic mass is 10.2. The molecule has 0 aliphatic carbocycles. The summed E-state index contributed by atoms with van der Waals surface area (Å²) in [6.45, 7) is 0.678. The van der Waals surface area contributed by atoms with Crippen molar-refractivity contribution in [1.82, 2.24) is 4.98 Å². The van der Waals surface area contributed by atoms with Crippen molar-refractivity contribution in [3.05, 3.63) is 46.2 Å². The molecule has 0 unspecified atom stereocenters. The van der Waals surface area contributed by atoms with Gasteiger partial charge in [-0.3, -0.25) is 9.59 Å². The minimum atomic E-state index is -0.0181. The molecule has 0 atom stereocenters. The minimum Gasteiger partial charge on any atom is -0.467 e. The molecule has 0 amide bonds. The second-order valence-corrected chi connectivity index (χ2v) is 3.42. The van der Waals surface area contributed by atoms with Gasteiger partial charge in [0, 0.05) is 29.1 Å². The van der Waals surface area contributed by atoms with Crippen molar-refractivity contribution in [3.63, 3.8) is 0 Å². The number of hydrogen-bond acceptors (Lipinski definition) is 3. The van der Waals surface area contributed by atoms with Gasteiger partial charge < -0.3 is 9.72 Å². The van der Waals surface area contributed by atoms with Crippen LogP contribution in [0.15, 0.2) is 35.1 Å². The summed E-state index contributed by atoms with van der Waals surface area (Å²) in [5.74, 6) is 0. The largest absolute Gasteiger partial charge is 0.467 e. The number of nitrogens with one attached hydrogen (secondary N) is 1. The Morgan fingerprint density at radius 1 is 1.31 bits per heavy atom. The van der Waals surface area contributed by atoms with E-state index in [2.05, 4.69) is 9.72 Å². The van der Waals surface area contributed by atoms with Gasteiger partial charge in [-0.1, -0.05) is 12.1 Å². The Kier molecular flexibility index (Phi) is 3.00. The lowest BCUT2D eigenvalue weighted by Crippen LogP contribution is -2.07. The van der Waals surface area contributed by atoms with Crippen LogP contribution < -0.4 is 5.43 Å². The summed E-state index contributed by atoms with van der Waals surface area (Å²) in [5, 5.41) is 0.669. The lowest BCUT2D eigenvalue weighted by molar-refractivity contribution is -0.128. The van der Waals surface area contributed by atoms with Crippen LogP contribution in [0, 0.1) is 0 Å². The molecule has 2 rings (SSSR count). The normalized spacial score (nSPS) is 10.2. The number of hydrogen-bond donors (Lipinski definition) is 1. The number of aromatic nitrogens is 1. The van der Waals surface area contributed by atoms with Crippen molar-refractivity contribution in [2.75, 3.05) is 6.61 Å². The molecule has 0 aliphatic rings. The monoisotopic (exact) mass is 217 g/mol. The highest BCUT2D eigenvalue weighted by Gasteiger charge is 2.01. The molecule has 4 nitrogen and oxygen atoms in total. The van der Waals surface area contributed by atoms with Crippen molar-refractivity contribution >= 4 is 17.4 Å². The van der Waals surface area contributed by atoms with E-state index in [9.17, 15) is 9.59 Å². The van der Waals surface area contributed by atoms with Gasteiger partial charge in [0.1, 0.15) is 0 Å². The zero-order valence-corrected chi connectivity index (χ0v) is 8.60. The second-order valence-electron chi connectivity index (χ2n) is 3.42. The third-order valence-corrected chi connectivity index (χ3v) is 2.35. The first-order valence-corrected chi connectivity index (χ1v) is 4.97. The maximum Gasteiger partial charge on any atom is 0.293 e. The Bertz CT molecular complexity index is 559. The predicted molar refractivity (Wildman–Crippen MR) is 60.3 cm³/mol. The van der Waals surface area contributed by atoms with Gasteiger partial charge in [0.2, 0.25) is 0 Å². The third kappa shape index (κ3) is 2.11. The Morgan fingerprint density at radius 3 is 2.94 bits per heavy atom. The number of pyridine rings is 1. The zero-order chi connectivity index (χ0) is 11.4. The summed E-state index contributed by atoms with van der Waals surface area (Å²) >= 11 is 0. The smallest absolute Gasteiger partial charge is 0.293 e. The highest BCUT2D eigenvalue weighted by Crippen LogP contribution is 2.07. The van der Waals surface area contributed by atoms with Crippen LogP contribution in [0.3, 0.4) is 0 Å². The number of carbonyl (C=O) groups excluding carboxylic acids is 1. The highest BCUT2D eigenvalue weighted by molar-refractivity contribution is 5.78. The van der Waals surface area contributed by atoms with Crippen molar-refractivity contribution in [3.8, 4) is 0 Å². The van der Waals surface area contributed by atoms with Crippen molar-refractivity contribution in [2.24, 2.45) is 0 Å². The van der Waals surface area contributed by atoms with E-state index >= 15 is 0 Å². The van der Waals surface area contributed by atoms with E-state index in [-0.39, 0.29) is 12.0 Å². The van der Waals surface area contributed by atoms with Crippen molar-refractivity contribution in [1.29, 1.82) is 0 Å². The van der Waals surface area contributed by atoms with Gasteiger partial charge >= 0.3 is 0 Å². The SMILES string of the molecule is O=COCCc1cc(=O)c2ccccc2[nH]1. The van der Waals surface area contributed by atoms with Gasteiger partial charge in [-0.25, -0.2) is 0 Å². The van der Waals surface area contributed by atoms with E-state index < -0.39 is 0 Å². The molecule has 1 heterocycles. The van der Waals surface area contributed by atoms with Gasteiger partial charge in [-0.2, -0.15) is 0 Å². The molecule has 0 saturated heterocycles. The summed E-state index contributed by atoms with van der Waals surface area (Å²) in [6.07, 6.45) is 0.513. The standard InChI is InChI=1S/C12H11NO3/c14-8-16-6-5-9-7-12(15)10-3-1-2-4-11(10)13-9/h1-4,7-8H,5-6H2,(H,13,15). The predicted octanol–water partition coefficient (Wildman–Crippen LogP) is 1.24. The van der Waals surface area contributed by atoms with Crippen molar-refractivity contribution < 1.29 is 9.53 Å². The summed E-state index contributed by atoms with van der Waals surface area (Å²) in [7, 11) is 0. The fourth-order valence-corrected chi connectivity index (χ4v) is 1.60. The summed E-state index contributed by atoms with van der Waals surface area (Å²) in [6, 6.07) is 8.86. The van der Waals surface area contributed by atoms with Crippen LogP contribution in [0.1, 0.15) is 5.69 Å². The van der Waals surface area contributed by atoms with Crippen LogP contribution in [0.4, 0.5) is 0 Å². The molecule has 1 N–H and O–H groups in total. The maximum atomic E-state index is 11.7. The van der Waals surface area contributed by atoms with Crippen LogP contribution >= 0.6 is 0 Å². The number of H-pyrrole nitrogens is 1. The average Bonchev–Trinajstić information content (AvgIpc) is 2.30. The van der Waals surface area contributed by atoms with Crippen LogP contribution in [0.5, 0.6) is 0 Å². The number of ether oxygens (including phenoxy) is 1. The Balaban J connectivity index is 2.34. The molecule has 0 saturated carbocycles. The average molecular weight is 217 g/mol. The Labute approximate surface area is 91.9 Å². The van der Waals surface area contributed by atoms with E-state index in [1.54, 1.807) is 6.07 Å². The molecule has 0 radical (unpaired) electrons. The molecule has 0 spiro atoms. The molecule has 1 aromatic carbocycles. The molecule has 82 valence electrons. The number of fused-ring (bicyclic) bond motifs is 1. The highest BCUT2D eigenvalue weighted by atomic mass is 16.5. The van der Waals surface area contributed by atoms with Gasteiger partial charge in [-0.15, -0.1) is 0 Å². The van der Waals surface area contributed by atoms with E-state index in [1.165, 1.54) is 6.07 Å². The van der Waals surface area contributed by atoms with Gasteiger partial charge in [0.15, 0.2) is 5.43 Å². The Morgan fingerprint density at radius 2 is 2.12 bits per heavy atom. The van der Waals surface area contributed by atoms with Crippen LogP contribution in [-0.2, 0) is 16.0 Å². The number of rotatable bonds is 4. The molecular weight excluding hydrogens is 206 g/mol. The fourth-order valence-electron chi connectivity index (χ4n) is 1.60. The zero-order valence-electron chi connectivity index (χ0n) is 8.60. The minimum absolute atomic E-state index is 0.0181. The number of benzene rings is 1. The van der Waals surface area contributed by atoms with Crippen LogP contribution in [0.25, 0.3) is 10.9 Å². The first-order chi connectivity index (χ1) is 7.81. The molecule has 1 aromatic heterocycles. The Hall–Kier alpha value is -2.10. The third-order valence-electron chi connectivity index (χ3n) is 2.35. The molecule has 0 bridgehead atoms.